The predicted molar refractivity (Wildman–Crippen MR) is 45.2 cm³/mol. The average Bonchev–Trinajstić information content (AvgIpc) is 2.12. The van der Waals surface area contributed by atoms with Gasteiger partial charge in [-0.05, 0) is 26.3 Å². The Bertz CT molecular complexity index is 66.8. The van der Waals surface area contributed by atoms with Crippen molar-refractivity contribution in [3.8, 4) is 0 Å². The summed E-state index contributed by atoms with van der Waals surface area (Å²) in [5.41, 5.74) is 0. The van der Waals surface area contributed by atoms with E-state index in [4.69, 9.17) is 0 Å². The fourth-order valence-electron chi connectivity index (χ4n) is 1.11. The summed E-state index contributed by atoms with van der Waals surface area (Å²) in [6.45, 7) is 3.47. The van der Waals surface area contributed by atoms with Crippen LogP contribution in [0, 0.1) is 0 Å². The molecule has 0 spiro atoms. The lowest BCUT2D eigenvalue weighted by Crippen LogP contribution is -2.16. The lowest BCUT2D eigenvalue weighted by Gasteiger charge is -2.05. The molecular weight excluding hydrogens is 122 g/mol. The maximum absolute atomic E-state index is 3.32. The zero-order valence-corrected chi connectivity index (χ0v) is 7.03. The van der Waals surface area contributed by atoms with Crippen LogP contribution in [0.4, 0.5) is 0 Å². The highest BCUT2D eigenvalue weighted by molar-refractivity contribution is 4.67. The van der Waals surface area contributed by atoms with Crippen LogP contribution >= 0.6 is 0 Å². The van der Waals surface area contributed by atoms with Crippen LogP contribution in [0.15, 0.2) is 0 Å². The fourth-order valence-corrected chi connectivity index (χ4v) is 1.11. The zero-order chi connectivity index (χ0) is 7.23. The molecule has 0 aromatic carbocycles. The van der Waals surface area contributed by atoms with E-state index in [1.54, 1.807) is 0 Å². The second-order valence-corrected chi connectivity index (χ2v) is 3.41. The molecular formula is C9H19N. The van der Waals surface area contributed by atoms with Gasteiger partial charge < -0.3 is 5.32 Å². The first-order valence-corrected chi connectivity index (χ1v) is 4.63. The lowest BCUT2D eigenvalue weighted by atomic mass is 10.0. The number of hydrogen-bond acceptors (Lipinski definition) is 1. The first kappa shape index (κ1) is 8.06. The second-order valence-electron chi connectivity index (χ2n) is 3.41. The van der Waals surface area contributed by atoms with Crippen LogP contribution in [0.25, 0.3) is 0 Å². The third-order valence-corrected chi connectivity index (χ3v) is 2.31. The van der Waals surface area contributed by atoms with E-state index < -0.39 is 0 Å². The maximum Gasteiger partial charge on any atom is 0.00391 e. The molecule has 1 aliphatic heterocycles. The summed E-state index contributed by atoms with van der Waals surface area (Å²) in [6.07, 6.45) is 8.75. The summed E-state index contributed by atoms with van der Waals surface area (Å²) in [5, 5.41) is 3.32. The van der Waals surface area contributed by atoms with Crippen LogP contribution in [-0.2, 0) is 0 Å². The van der Waals surface area contributed by atoms with Gasteiger partial charge in [-0.2, -0.15) is 0 Å². The van der Waals surface area contributed by atoms with Crippen molar-refractivity contribution < 1.29 is 0 Å². The summed E-state index contributed by atoms with van der Waals surface area (Å²) in [6, 6.07) is 0.796. The molecule has 0 amide bonds. The van der Waals surface area contributed by atoms with E-state index in [2.05, 4.69) is 12.2 Å². The summed E-state index contributed by atoms with van der Waals surface area (Å²) in [5.74, 6) is 0. The molecule has 1 atom stereocenters. The molecule has 2 aliphatic rings. The Labute approximate surface area is 64.2 Å². The van der Waals surface area contributed by atoms with Gasteiger partial charge in [-0.3, -0.25) is 0 Å². The quantitative estimate of drug-likeness (QED) is 0.546. The normalized spacial score (nSPS) is 30.3. The van der Waals surface area contributed by atoms with Crippen LogP contribution in [0.2, 0.25) is 0 Å². The van der Waals surface area contributed by atoms with Gasteiger partial charge in [0.2, 0.25) is 0 Å². The molecule has 0 aromatic heterocycles. The van der Waals surface area contributed by atoms with Crippen molar-refractivity contribution in [1.82, 2.24) is 5.32 Å². The van der Waals surface area contributed by atoms with E-state index in [0.29, 0.717) is 0 Å². The van der Waals surface area contributed by atoms with E-state index in [1.165, 1.54) is 45.1 Å². The fraction of sp³-hybridized carbons (Fsp3) is 1.00. The monoisotopic (exact) mass is 141 g/mol. The third kappa shape index (κ3) is 3.21. The minimum atomic E-state index is 0.796. The minimum absolute atomic E-state index is 0.796. The molecule has 1 saturated heterocycles. The van der Waals surface area contributed by atoms with Crippen molar-refractivity contribution in [3.63, 3.8) is 0 Å². The molecule has 0 unspecified atom stereocenters. The van der Waals surface area contributed by atoms with E-state index in [1.807, 2.05) is 0 Å². The van der Waals surface area contributed by atoms with Gasteiger partial charge in [0.15, 0.2) is 0 Å². The smallest absolute Gasteiger partial charge is 0.00391 e. The maximum atomic E-state index is 3.32. The van der Waals surface area contributed by atoms with Gasteiger partial charge >= 0.3 is 0 Å². The van der Waals surface area contributed by atoms with E-state index in [-0.39, 0.29) is 0 Å². The molecule has 1 nitrogen and oxygen atoms in total. The summed E-state index contributed by atoms with van der Waals surface area (Å²) in [4.78, 5) is 0. The molecule has 1 heteroatoms. The molecule has 0 bridgehead atoms. The highest BCUT2D eigenvalue weighted by atomic mass is 14.9. The Morgan fingerprint density at radius 3 is 1.70 bits per heavy atom. The number of nitrogens with one attached hydrogen (secondary N) is 1. The molecule has 0 aromatic rings. The Morgan fingerprint density at radius 1 is 1.00 bits per heavy atom. The zero-order valence-electron chi connectivity index (χ0n) is 7.03. The largest absolute Gasteiger partial charge is 0.314 e. The molecule has 1 heterocycles. The van der Waals surface area contributed by atoms with Gasteiger partial charge in [0.05, 0.1) is 0 Å². The van der Waals surface area contributed by atoms with Crippen molar-refractivity contribution in [3.05, 3.63) is 0 Å². The van der Waals surface area contributed by atoms with Gasteiger partial charge in [-0.25, -0.2) is 0 Å². The number of hydrogen-bond donors (Lipinski definition) is 1. The van der Waals surface area contributed by atoms with Crippen LogP contribution in [0.3, 0.4) is 0 Å². The Kier molecular flexibility index (Phi) is 3.81. The molecule has 2 fully saturated rings. The first-order valence-electron chi connectivity index (χ1n) is 4.63. The number of rotatable bonds is 0. The van der Waals surface area contributed by atoms with Crippen molar-refractivity contribution in [1.29, 1.82) is 0 Å². The van der Waals surface area contributed by atoms with E-state index >= 15 is 0 Å². The first-order chi connectivity index (χ1) is 4.89. The van der Waals surface area contributed by atoms with Gasteiger partial charge in [-0.1, -0.05) is 25.7 Å². The van der Waals surface area contributed by atoms with Crippen LogP contribution in [0.1, 0.15) is 45.4 Å². The van der Waals surface area contributed by atoms with E-state index in [9.17, 15) is 0 Å². The van der Waals surface area contributed by atoms with E-state index in [0.717, 1.165) is 6.04 Å². The van der Waals surface area contributed by atoms with Crippen LogP contribution in [-0.4, -0.2) is 12.6 Å². The van der Waals surface area contributed by atoms with Crippen LogP contribution < -0.4 is 5.32 Å². The van der Waals surface area contributed by atoms with Crippen molar-refractivity contribution >= 4 is 0 Å². The molecule has 2 rings (SSSR count). The second kappa shape index (κ2) is 4.73. The van der Waals surface area contributed by atoms with Crippen molar-refractivity contribution in [2.45, 2.75) is 51.5 Å². The molecule has 10 heavy (non-hydrogen) atoms. The van der Waals surface area contributed by atoms with Crippen molar-refractivity contribution in [2.75, 3.05) is 6.54 Å². The molecule has 1 saturated carbocycles. The molecule has 1 N–H and O–H groups in total. The topological polar surface area (TPSA) is 12.0 Å². The van der Waals surface area contributed by atoms with Gasteiger partial charge in [0, 0.05) is 6.04 Å². The summed E-state index contributed by atoms with van der Waals surface area (Å²) >= 11 is 0. The summed E-state index contributed by atoms with van der Waals surface area (Å²) < 4.78 is 0. The van der Waals surface area contributed by atoms with Crippen molar-refractivity contribution in [2.24, 2.45) is 0 Å². The van der Waals surface area contributed by atoms with Crippen LogP contribution in [0.5, 0.6) is 0 Å². The average molecular weight is 141 g/mol. The lowest BCUT2D eigenvalue weighted by molar-refractivity contribution is 0.504. The minimum Gasteiger partial charge on any atom is -0.314 e. The summed E-state index contributed by atoms with van der Waals surface area (Å²) in [7, 11) is 0. The Hall–Kier alpha value is -0.0400. The standard InChI is InChI=1S/C5H11N.C4H8/c1-5-3-2-4-6-5;1-2-4-3-1/h5-6H,2-4H2,1H3;1-4H2/t5-;/m1./s1. The SMILES string of the molecule is C1CCC1.C[C@@H]1CCCN1. The predicted octanol–water partition coefficient (Wildman–Crippen LogP) is 2.32. The third-order valence-electron chi connectivity index (χ3n) is 2.31. The Balaban J connectivity index is 0.000000108. The molecule has 60 valence electrons. The molecule has 1 aliphatic carbocycles. The highest BCUT2D eigenvalue weighted by Crippen LogP contribution is 2.15. The van der Waals surface area contributed by atoms with Gasteiger partial charge in [0.25, 0.3) is 0 Å². The Morgan fingerprint density at radius 2 is 1.60 bits per heavy atom. The highest BCUT2D eigenvalue weighted by Gasteiger charge is 2.05. The van der Waals surface area contributed by atoms with Gasteiger partial charge in [-0.15, -0.1) is 0 Å². The molecule has 0 radical (unpaired) electrons. The van der Waals surface area contributed by atoms with Gasteiger partial charge in [0.1, 0.15) is 0 Å².